The van der Waals surface area contributed by atoms with E-state index in [0.29, 0.717) is 10.8 Å². The molecule has 1 aliphatic carbocycles. The fourth-order valence-corrected chi connectivity index (χ4v) is 4.40. The van der Waals surface area contributed by atoms with Gasteiger partial charge in [-0.15, -0.1) is 0 Å². The van der Waals surface area contributed by atoms with E-state index in [4.69, 9.17) is 0 Å². The monoisotopic (exact) mass is 280 g/mol. The van der Waals surface area contributed by atoms with Gasteiger partial charge in [0.05, 0.1) is 0 Å². The molecule has 1 heterocycles. The maximum atomic E-state index is 3.49. The van der Waals surface area contributed by atoms with Crippen molar-refractivity contribution in [1.29, 1.82) is 0 Å². The van der Waals surface area contributed by atoms with E-state index in [0.717, 1.165) is 5.92 Å². The lowest BCUT2D eigenvalue weighted by Gasteiger charge is -2.37. The van der Waals surface area contributed by atoms with Crippen molar-refractivity contribution < 1.29 is 0 Å². The molecule has 0 spiro atoms. The summed E-state index contributed by atoms with van der Waals surface area (Å²) < 4.78 is 0. The summed E-state index contributed by atoms with van der Waals surface area (Å²) in [5.41, 5.74) is 1.03. The Morgan fingerprint density at radius 3 is 2.25 bits per heavy atom. The van der Waals surface area contributed by atoms with E-state index in [9.17, 15) is 0 Å². The van der Waals surface area contributed by atoms with Crippen LogP contribution in [0.15, 0.2) is 0 Å². The lowest BCUT2D eigenvalue weighted by Crippen LogP contribution is -2.43. The molecule has 2 rings (SSSR count). The lowest BCUT2D eigenvalue weighted by atomic mass is 9.79. The second-order valence-electron chi connectivity index (χ2n) is 8.53. The second kappa shape index (κ2) is 6.79. The largest absolute Gasteiger partial charge is 0.319 e. The van der Waals surface area contributed by atoms with E-state index in [2.05, 4.69) is 38.0 Å². The van der Waals surface area contributed by atoms with Gasteiger partial charge in [0.25, 0.3) is 0 Å². The first kappa shape index (κ1) is 16.3. The highest BCUT2D eigenvalue weighted by Gasteiger charge is 2.37. The Hall–Kier alpha value is -0.0800. The molecule has 2 nitrogen and oxygen atoms in total. The van der Waals surface area contributed by atoms with E-state index >= 15 is 0 Å². The minimum Gasteiger partial charge on any atom is -0.319 e. The quantitative estimate of drug-likeness (QED) is 0.785. The number of hydrogen-bond donors (Lipinski definition) is 1. The molecule has 2 aliphatic rings. The van der Waals surface area contributed by atoms with Crippen LogP contribution in [0.5, 0.6) is 0 Å². The van der Waals surface area contributed by atoms with Crippen molar-refractivity contribution in [3.8, 4) is 0 Å². The SMILES string of the molecule is CNCC1(CN2CCC(C(C)(C)C)C2)CCCCCC1. The minimum atomic E-state index is 0.481. The van der Waals surface area contributed by atoms with Gasteiger partial charge in [0, 0.05) is 19.6 Å². The standard InChI is InChI=1S/C18H36N2/c1-17(2,3)16-9-12-20(13-16)15-18(14-19-4)10-7-5-6-8-11-18/h16,19H,5-15H2,1-4H3. The summed E-state index contributed by atoms with van der Waals surface area (Å²) in [7, 11) is 2.13. The van der Waals surface area contributed by atoms with Gasteiger partial charge in [-0.05, 0) is 49.6 Å². The first-order chi connectivity index (χ1) is 9.45. The van der Waals surface area contributed by atoms with Crippen molar-refractivity contribution in [2.24, 2.45) is 16.7 Å². The first-order valence-electron chi connectivity index (χ1n) is 8.82. The van der Waals surface area contributed by atoms with Gasteiger partial charge in [-0.1, -0.05) is 46.5 Å². The molecule has 1 atom stereocenters. The Morgan fingerprint density at radius 2 is 1.75 bits per heavy atom. The van der Waals surface area contributed by atoms with Crippen LogP contribution in [0.3, 0.4) is 0 Å². The molecule has 20 heavy (non-hydrogen) atoms. The zero-order valence-corrected chi connectivity index (χ0v) is 14.3. The molecule has 1 aliphatic heterocycles. The van der Waals surface area contributed by atoms with Crippen molar-refractivity contribution in [2.75, 3.05) is 33.2 Å². The normalized spacial score (nSPS) is 28.5. The number of nitrogens with zero attached hydrogens (tertiary/aromatic N) is 1. The molecular weight excluding hydrogens is 244 g/mol. The van der Waals surface area contributed by atoms with Gasteiger partial charge in [-0.3, -0.25) is 0 Å². The van der Waals surface area contributed by atoms with Crippen LogP contribution in [0.4, 0.5) is 0 Å². The predicted octanol–water partition coefficient (Wildman–Crippen LogP) is 3.91. The Balaban J connectivity index is 1.95. The molecule has 0 aromatic heterocycles. The molecule has 0 aromatic carbocycles. The third kappa shape index (κ3) is 4.21. The highest BCUT2D eigenvalue weighted by molar-refractivity contribution is 4.91. The van der Waals surface area contributed by atoms with Crippen LogP contribution in [0.1, 0.15) is 65.7 Å². The van der Waals surface area contributed by atoms with Gasteiger partial charge in [-0.25, -0.2) is 0 Å². The molecule has 0 bridgehead atoms. The maximum absolute atomic E-state index is 3.49. The fourth-order valence-electron chi connectivity index (χ4n) is 4.40. The van der Waals surface area contributed by atoms with Crippen molar-refractivity contribution >= 4 is 0 Å². The van der Waals surface area contributed by atoms with Crippen molar-refractivity contribution in [3.05, 3.63) is 0 Å². The highest BCUT2D eigenvalue weighted by Crippen LogP contribution is 2.39. The Kier molecular flexibility index (Phi) is 5.53. The van der Waals surface area contributed by atoms with E-state index < -0.39 is 0 Å². The van der Waals surface area contributed by atoms with Crippen LogP contribution in [-0.2, 0) is 0 Å². The molecule has 0 radical (unpaired) electrons. The van der Waals surface area contributed by atoms with Gasteiger partial charge in [0.1, 0.15) is 0 Å². The molecule has 1 unspecified atom stereocenters. The summed E-state index contributed by atoms with van der Waals surface area (Å²) in [6, 6.07) is 0. The topological polar surface area (TPSA) is 15.3 Å². The summed E-state index contributed by atoms with van der Waals surface area (Å²) in [6.45, 7) is 12.4. The van der Waals surface area contributed by atoms with Crippen molar-refractivity contribution in [1.82, 2.24) is 10.2 Å². The Labute approximate surface area is 126 Å². The number of hydrogen-bond acceptors (Lipinski definition) is 2. The molecule has 118 valence electrons. The zero-order valence-electron chi connectivity index (χ0n) is 14.3. The molecule has 1 saturated carbocycles. The van der Waals surface area contributed by atoms with Gasteiger partial charge >= 0.3 is 0 Å². The van der Waals surface area contributed by atoms with Crippen LogP contribution >= 0.6 is 0 Å². The highest BCUT2D eigenvalue weighted by atomic mass is 15.2. The van der Waals surface area contributed by atoms with E-state index in [1.807, 2.05) is 0 Å². The maximum Gasteiger partial charge on any atom is 0.00503 e. The molecule has 2 heteroatoms. The molecule has 2 fully saturated rings. The van der Waals surface area contributed by atoms with Gasteiger partial charge in [0.15, 0.2) is 0 Å². The van der Waals surface area contributed by atoms with Gasteiger partial charge in [0.2, 0.25) is 0 Å². The minimum absolute atomic E-state index is 0.481. The van der Waals surface area contributed by atoms with E-state index in [1.54, 1.807) is 0 Å². The fraction of sp³-hybridized carbons (Fsp3) is 1.00. The number of rotatable bonds is 4. The number of likely N-dealkylation sites (tertiary alicyclic amines) is 1. The summed E-state index contributed by atoms with van der Waals surface area (Å²) in [5, 5.41) is 3.49. The summed E-state index contributed by atoms with van der Waals surface area (Å²) in [6.07, 6.45) is 10.1. The second-order valence-corrected chi connectivity index (χ2v) is 8.53. The Bertz CT molecular complexity index is 284. The van der Waals surface area contributed by atoms with Crippen LogP contribution in [-0.4, -0.2) is 38.1 Å². The van der Waals surface area contributed by atoms with Crippen LogP contribution in [0, 0.1) is 16.7 Å². The molecule has 1 N–H and O–H groups in total. The van der Waals surface area contributed by atoms with E-state index in [1.165, 1.54) is 71.1 Å². The molecule has 0 aromatic rings. The Morgan fingerprint density at radius 1 is 1.10 bits per heavy atom. The lowest BCUT2D eigenvalue weighted by molar-refractivity contribution is 0.136. The van der Waals surface area contributed by atoms with Crippen LogP contribution in [0.25, 0.3) is 0 Å². The van der Waals surface area contributed by atoms with Crippen LogP contribution < -0.4 is 5.32 Å². The zero-order chi connectivity index (χ0) is 14.6. The first-order valence-corrected chi connectivity index (χ1v) is 8.82. The third-order valence-corrected chi connectivity index (χ3v) is 5.77. The van der Waals surface area contributed by atoms with Crippen molar-refractivity contribution in [2.45, 2.75) is 65.7 Å². The average molecular weight is 280 g/mol. The van der Waals surface area contributed by atoms with Crippen molar-refractivity contribution in [3.63, 3.8) is 0 Å². The third-order valence-electron chi connectivity index (χ3n) is 5.77. The number of nitrogens with one attached hydrogen (secondary N) is 1. The summed E-state index contributed by atoms with van der Waals surface area (Å²) in [4.78, 5) is 2.78. The molecular formula is C18H36N2. The van der Waals surface area contributed by atoms with Gasteiger partial charge in [-0.2, -0.15) is 0 Å². The summed E-state index contributed by atoms with van der Waals surface area (Å²) in [5.74, 6) is 0.889. The van der Waals surface area contributed by atoms with Crippen LogP contribution in [0.2, 0.25) is 0 Å². The average Bonchev–Trinajstić information content (AvgIpc) is 2.71. The summed E-state index contributed by atoms with van der Waals surface area (Å²) >= 11 is 0. The predicted molar refractivity (Wildman–Crippen MR) is 88.1 cm³/mol. The smallest absolute Gasteiger partial charge is 0.00503 e. The molecule has 0 amide bonds. The van der Waals surface area contributed by atoms with E-state index in [-0.39, 0.29) is 0 Å². The van der Waals surface area contributed by atoms with Gasteiger partial charge < -0.3 is 10.2 Å². The molecule has 1 saturated heterocycles.